The number of nitrogens with zero attached hydrogens (tertiary/aromatic N) is 1. The molecule has 0 saturated carbocycles. The van der Waals surface area contributed by atoms with Crippen LogP contribution in [0.4, 0.5) is 0 Å². The molecule has 1 aromatic carbocycles. The first-order valence-electron chi connectivity index (χ1n) is 13.2. The third-order valence-electron chi connectivity index (χ3n) is 5.58. The number of rotatable bonds is 17. The zero-order valence-electron chi connectivity index (χ0n) is 23.9. The van der Waals surface area contributed by atoms with E-state index in [4.69, 9.17) is 23.7 Å². The van der Waals surface area contributed by atoms with Crippen molar-refractivity contribution in [1.82, 2.24) is 15.6 Å². The molecule has 2 aromatic rings. The van der Waals surface area contributed by atoms with Gasteiger partial charge in [-0.15, -0.1) is 0 Å². The van der Waals surface area contributed by atoms with E-state index >= 15 is 0 Å². The largest absolute Gasteiger partial charge is 0.459 e. The van der Waals surface area contributed by atoms with Gasteiger partial charge >= 0.3 is 5.97 Å². The first kappa shape index (κ1) is 31.8. The van der Waals surface area contributed by atoms with Crippen LogP contribution in [0.25, 0.3) is 11.3 Å². The van der Waals surface area contributed by atoms with Crippen molar-refractivity contribution in [2.75, 3.05) is 40.5 Å². The van der Waals surface area contributed by atoms with Crippen molar-refractivity contribution in [1.29, 1.82) is 0 Å². The van der Waals surface area contributed by atoms with E-state index in [1.165, 1.54) is 0 Å². The molecule has 0 amide bonds. The third-order valence-corrected chi connectivity index (χ3v) is 5.58. The zero-order valence-corrected chi connectivity index (χ0v) is 23.9. The molecule has 9 nitrogen and oxygen atoms in total. The molecule has 9 heteroatoms. The fourth-order valence-electron chi connectivity index (χ4n) is 3.82. The maximum atomic E-state index is 13.0. The van der Waals surface area contributed by atoms with Crippen molar-refractivity contribution < 1.29 is 28.5 Å². The molecular weight excluding hydrogens is 486 g/mol. The number of esters is 1. The summed E-state index contributed by atoms with van der Waals surface area (Å²) in [5, 5.41) is 6.64. The zero-order chi connectivity index (χ0) is 28.0. The van der Waals surface area contributed by atoms with Crippen LogP contribution in [0.15, 0.2) is 42.6 Å². The van der Waals surface area contributed by atoms with Crippen molar-refractivity contribution in [3.05, 3.63) is 53.7 Å². The van der Waals surface area contributed by atoms with E-state index in [1.54, 1.807) is 14.2 Å². The lowest BCUT2D eigenvalue weighted by atomic mass is 10.0. The minimum atomic E-state index is -0.593. The number of benzene rings is 1. The van der Waals surface area contributed by atoms with Crippen LogP contribution in [0.5, 0.6) is 0 Å². The minimum Gasteiger partial charge on any atom is -0.459 e. The fourth-order valence-corrected chi connectivity index (χ4v) is 3.82. The maximum absolute atomic E-state index is 13.0. The molecule has 0 saturated heterocycles. The van der Waals surface area contributed by atoms with E-state index in [1.807, 2.05) is 65.1 Å². The summed E-state index contributed by atoms with van der Waals surface area (Å²) < 4.78 is 27.4. The monoisotopic (exact) mass is 531 g/mol. The van der Waals surface area contributed by atoms with Gasteiger partial charge in [0.25, 0.3) is 0 Å². The quantitative estimate of drug-likeness (QED) is 0.234. The number of nitrogens with one attached hydrogen (secondary N) is 2. The highest BCUT2D eigenvalue weighted by Crippen LogP contribution is 2.21. The maximum Gasteiger partial charge on any atom is 0.324 e. The van der Waals surface area contributed by atoms with Crippen LogP contribution < -0.4 is 10.6 Å². The predicted octanol–water partition coefficient (Wildman–Crippen LogP) is 3.70. The van der Waals surface area contributed by atoms with Gasteiger partial charge in [-0.25, -0.2) is 0 Å². The summed E-state index contributed by atoms with van der Waals surface area (Å²) in [6, 6.07) is 11.5. The molecule has 0 unspecified atom stereocenters. The highest BCUT2D eigenvalue weighted by atomic mass is 16.7. The summed E-state index contributed by atoms with van der Waals surface area (Å²) >= 11 is 0. The second kappa shape index (κ2) is 16.5. The van der Waals surface area contributed by atoms with E-state index in [9.17, 15) is 4.79 Å². The standard InChI is InChI=1S/C29H45N3O6/c1-8-36-27(37-9-2)19-30-18-22-13-14-31-24(17-22)23-12-10-11-21(15-23)16-25(28(33)38-29(3,4)5)32-20-26(34-6)35-7/h10-15,17,25-27,30,32H,8-9,16,18-20H2,1-7H3/t25-/m0/s1. The Labute approximate surface area is 227 Å². The second-order valence-corrected chi connectivity index (χ2v) is 9.82. The number of carbonyl (C=O) groups excluding carboxylic acids is 1. The molecule has 2 rings (SSSR count). The van der Waals surface area contributed by atoms with E-state index in [0.717, 1.165) is 22.4 Å². The fraction of sp³-hybridized carbons (Fsp3) is 0.586. The van der Waals surface area contributed by atoms with Crippen LogP contribution >= 0.6 is 0 Å². The highest BCUT2D eigenvalue weighted by Gasteiger charge is 2.26. The van der Waals surface area contributed by atoms with E-state index in [-0.39, 0.29) is 12.3 Å². The van der Waals surface area contributed by atoms with E-state index < -0.39 is 17.9 Å². The van der Waals surface area contributed by atoms with Gasteiger partial charge in [-0.2, -0.15) is 0 Å². The second-order valence-electron chi connectivity index (χ2n) is 9.82. The molecule has 0 radical (unpaired) electrons. The molecular formula is C29H45N3O6. The number of aromatic nitrogens is 1. The molecule has 1 heterocycles. The van der Waals surface area contributed by atoms with Crippen LogP contribution in [0.3, 0.4) is 0 Å². The molecule has 38 heavy (non-hydrogen) atoms. The van der Waals surface area contributed by atoms with Crippen molar-refractivity contribution >= 4 is 5.97 Å². The lowest BCUT2D eigenvalue weighted by Crippen LogP contribution is -2.46. The number of hydrogen-bond donors (Lipinski definition) is 2. The van der Waals surface area contributed by atoms with Crippen LogP contribution in [-0.2, 0) is 41.4 Å². The van der Waals surface area contributed by atoms with Gasteiger partial charge in [-0.05, 0) is 70.4 Å². The Bertz CT molecular complexity index is 955. The van der Waals surface area contributed by atoms with Gasteiger partial charge in [0.2, 0.25) is 0 Å². The van der Waals surface area contributed by atoms with Crippen LogP contribution in [0, 0.1) is 0 Å². The number of pyridine rings is 1. The Kier molecular flexibility index (Phi) is 13.8. The van der Waals surface area contributed by atoms with Gasteiger partial charge in [-0.1, -0.05) is 18.2 Å². The molecule has 0 bridgehead atoms. The molecule has 1 aromatic heterocycles. The summed E-state index contributed by atoms with van der Waals surface area (Å²) in [4.78, 5) is 17.6. The van der Waals surface area contributed by atoms with Crippen LogP contribution in [-0.4, -0.2) is 75.7 Å². The molecule has 0 spiro atoms. The predicted molar refractivity (Wildman–Crippen MR) is 148 cm³/mol. The topological polar surface area (TPSA) is 100 Å². The van der Waals surface area contributed by atoms with E-state index in [0.29, 0.717) is 39.3 Å². The summed E-state index contributed by atoms with van der Waals surface area (Å²) in [5.74, 6) is -0.322. The SMILES string of the molecule is CCOC(CNCc1ccnc(-c2cccc(C[C@H](NCC(OC)OC)C(=O)OC(C)(C)C)c2)c1)OCC. The molecule has 1 atom stereocenters. The third kappa shape index (κ3) is 11.6. The smallest absolute Gasteiger partial charge is 0.324 e. The lowest BCUT2D eigenvalue weighted by molar-refractivity contribution is -0.158. The first-order chi connectivity index (χ1) is 18.2. The molecule has 0 aliphatic heterocycles. The average molecular weight is 532 g/mol. The highest BCUT2D eigenvalue weighted by molar-refractivity contribution is 5.76. The first-order valence-corrected chi connectivity index (χ1v) is 13.2. The summed E-state index contributed by atoms with van der Waals surface area (Å²) in [6.45, 7) is 12.3. The molecule has 0 aliphatic rings. The van der Waals surface area contributed by atoms with E-state index in [2.05, 4.69) is 27.8 Å². The summed E-state index contributed by atoms with van der Waals surface area (Å²) in [6.07, 6.45) is 1.52. The van der Waals surface area contributed by atoms with Gasteiger partial charge < -0.3 is 29.0 Å². The minimum absolute atomic E-state index is 0.266. The van der Waals surface area contributed by atoms with Gasteiger partial charge in [0.15, 0.2) is 12.6 Å². The number of methoxy groups -OCH3 is 2. The van der Waals surface area contributed by atoms with Crippen molar-refractivity contribution in [3.63, 3.8) is 0 Å². The lowest BCUT2D eigenvalue weighted by Gasteiger charge is -2.26. The molecule has 0 aliphatic carbocycles. The van der Waals surface area contributed by atoms with Crippen molar-refractivity contribution in [3.8, 4) is 11.3 Å². The number of hydrogen-bond acceptors (Lipinski definition) is 9. The van der Waals surface area contributed by atoms with Crippen molar-refractivity contribution in [2.45, 2.75) is 71.8 Å². The molecule has 2 N–H and O–H groups in total. The summed E-state index contributed by atoms with van der Waals surface area (Å²) in [7, 11) is 3.13. The Balaban J connectivity index is 2.12. The van der Waals surface area contributed by atoms with Crippen LogP contribution in [0.2, 0.25) is 0 Å². The number of ether oxygens (including phenoxy) is 5. The molecule has 212 valence electrons. The van der Waals surface area contributed by atoms with Crippen molar-refractivity contribution in [2.24, 2.45) is 0 Å². The molecule has 0 fully saturated rings. The number of carbonyl (C=O) groups is 1. The Morgan fingerprint density at radius 3 is 2.29 bits per heavy atom. The van der Waals surface area contributed by atoms with Gasteiger partial charge in [-0.3, -0.25) is 15.1 Å². The average Bonchev–Trinajstić information content (AvgIpc) is 2.88. The van der Waals surface area contributed by atoms with Gasteiger partial charge in [0.05, 0.1) is 5.69 Å². The van der Waals surface area contributed by atoms with Gasteiger partial charge in [0, 0.05) is 58.8 Å². The summed E-state index contributed by atoms with van der Waals surface area (Å²) in [5.41, 5.74) is 3.33. The Morgan fingerprint density at radius 2 is 1.66 bits per heavy atom. The van der Waals surface area contributed by atoms with Crippen LogP contribution in [0.1, 0.15) is 45.7 Å². The van der Waals surface area contributed by atoms with Gasteiger partial charge in [0.1, 0.15) is 11.6 Å². The Hall–Kier alpha value is -2.40. The Morgan fingerprint density at radius 1 is 0.947 bits per heavy atom. The normalized spacial score (nSPS) is 12.8.